The molecule has 1 aliphatic rings. The van der Waals surface area contributed by atoms with E-state index in [-0.39, 0.29) is 17.9 Å². The monoisotopic (exact) mass is 319 g/mol. The van der Waals surface area contributed by atoms with E-state index < -0.39 is 0 Å². The molecule has 3 aromatic rings. The van der Waals surface area contributed by atoms with Crippen LogP contribution < -0.4 is 11.1 Å². The molecule has 1 aliphatic carbocycles. The van der Waals surface area contributed by atoms with E-state index in [0.29, 0.717) is 0 Å². The van der Waals surface area contributed by atoms with Crippen molar-refractivity contribution in [3.63, 3.8) is 0 Å². The molecule has 4 N–H and O–H groups in total. The molecule has 1 aromatic carbocycles. The lowest BCUT2D eigenvalue weighted by Crippen LogP contribution is -2.17. The molecule has 7 heteroatoms. The third-order valence-electron chi connectivity index (χ3n) is 4.48. The molecule has 2 heterocycles. The quantitative estimate of drug-likeness (QED) is 0.683. The van der Waals surface area contributed by atoms with Gasteiger partial charge in [-0.15, -0.1) is 0 Å². The van der Waals surface area contributed by atoms with Crippen LogP contribution in [0.25, 0.3) is 22.2 Å². The van der Waals surface area contributed by atoms with Gasteiger partial charge >= 0.3 is 0 Å². The summed E-state index contributed by atoms with van der Waals surface area (Å²) in [6, 6.07) is 10.5. The molecule has 2 aromatic heterocycles. The predicted octanol–water partition coefficient (Wildman–Crippen LogP) is 2.71. The Labute approximate surface area is 138 Å². The Morgan fingerprint density at radius 2 is 2.17 bits per heavy atom. The van der Waals surface area contributed by atoms with E-state index in [1.54, 1.807) is 6.20 Å². The van der Waals surface area contributed by atoms with Crippen LogP contribution in [0.3, 0.4) is 0 Å². The van der Waals surface area contributed by atoms with Crippen molar-refractivity contribution < 1.29 is 0 Å². The van der Waals surface area contributed by atoms with Crippen molar-refractivity contribution in [2.45, 2.75) is 25.3 Å². The van der Waals surface area contributed by atoms with Crippen molar-refractivity contribution in [3.05, 3.63) is 30.5 Å². The lowest BCUT2D eigenvalue weighted by Gasteiger charge is -2.15. The molecule has 0 saturated heterocycles. The van der Waals surface area contributed by atoms with Crippen LogP contribution >= 0.6 is 0 Å². The van der Waals surface area contributed by atoms with Crippen LogP contribution in [0.1, 0.15) is 19.3 Å². The number of nitrogens with two attached hydrogens (primary N) is 1. The fraction of sp³-hybridized carbons (Fsp3) is 0.294. The summed E-state index contributed by atoms with van der Waals surface area (Å²) in [7, 11) is 0. The highest BCUT2D eigenvalue weighted by Crippen LogP contribution is 2.31. The summed E-state index contributed by atoms with van der Waals surface area (Å²) in [6.45, 7) is 0. The van der Waals surface area contributed by atoms with Crippen LogP contribution in [-0.4, -0.2) is 26.2 Å². The number of hydrogen-bond donors (Lipinski definition) is 3. The number of nitrogens with one attached hydrogen (secondary N) is 2. The maximum Gasteiger partial charge on any atom is 0.222 e. The van der Waals surface area contributed by atoms with E-state index >= 15 is 0 Å². The second kappa shape index (κ2) is 5.81. The van der Waals surface area contributed by atoms with Gasteiger partial charge < -0.3 is 11.1 Å². The minimum absolute atomic E-state index is 0.125. The molecular formula is C17H17N7. The fourth-order valence-corrected chi connectivity index (χ4v) is 3.27. The Balaban J connectivity index is 1.70. The van der Waals surface area contributed by atoms with E-state index in [1.807, 2.05) is 24.3 Å². The molecule has 2 atom stereocenters. The summed E-state index contributed by atoms with van der Waals surface area (Å²) in [4.78, 5) is 8.71. The van der Waals surface area contributed by atoms with Crippen LogP contribution in [0.4, 0.5) is 11.8 Å². The van der Waals surface area contributed by atoms with Crippen molar-refractivity contribution in [1.29, 1.82) is 5.26 Å². The van der Waals surface area contributed by atoms with Gasteiger partial charge in [0.15, 0.2) is 0 Å². The van der Waals surface area contributed by atoms with Gasteiger partial charge in [-0.05, 0) is 37.5 Å². The maximum atomic E-state index is 9.06. The van der Waals surface area contributed by atoms with Gasteiger partial charge in [-0.25, -0.2) is 4.98 Å². The number of nitrogens with zero attached hydrogens (tertiary/aromatic N) is 4. The molecule has 24 heavy (non-hydrogen) atoms. The molecule has 4 rings (SSSR count). The molecule has 0 spiro atoms. The summed E-state index contributed by atoms with van der Waals surface area (Å²) < 4.78 is 0. The van der Waals surface area contributed by atoms with E-state index in [2.05, 4.69) is 31.6 Å². The predicted molar refractivity (Wildman–Crippen MR) is 91.9 cm³/mol. The Bertz CT molecular complexity index is 911. The number of benzene rings is 1. The SMILES string of the molecule is N#CC1CCC(Nc2nc(N)nc3cc(-c4ccn[nH]4)ccc23)C1. The Morgan fingerprint density at radius 3 is 2.92 bits per heavy atom. The zero-order valence-corrected chi connectivity index (χ0v) is 13.0. The minimum Gasteiger partial charge on any atom is -0.368 e. The highest BCUT2D eigenvalue weighted by atomic mass is 15.1. The smallest absolute Gasteiger partial charge is 0.222 e. The maximum absolute atomic E-state index is 9.06. The van der Waals surface area contributed by atoms with Crippen molar-refractivity contribution in [2.24, 2.45) is 5.92 Å². The van der Waals surface area contributed by atoms with Gasteiger partial charge in [0, 0.05) is 29.1 Å². The van der Waals surface area contributed by atoms with Crippen LogP contribution in [0, 0.1) is 17.2 Å². The molecule has 0 radical (unpaired) electrons. The number of rotatable bonds is 3. The third-order valence-corrected chi connectivity index (χ3v) is 4.48. The molecule has 1 fully saturated rings. The molecule has 0 amide bonds. The zero-order valence-electron chi connectivity index (χ0n) is 13.0. The molecule has 2 unspecified atom stereocenters. The fourth-order valence-electron chi connectivity index (χ4n) is 3.27. The highest BCUT2D eigenvalue weighted by molar-refractivity contribution is 5.92. The van der Waals surface area contributed by atoms with Crippen molar-refractivity contribution in [1.82, 2.24) is 20.2 Å². The van der Waals surface area contributed by atoms with Crippen molar-refractivity contribution >= 4 is 22.7 Å². The molecule has 0 bridgehead atoms. The van der Waals surface area contributed by atoms with Crippen molar-refractivity contribution in [3.8, 4) is 17.3 Å². The van der Waals surface area contributed by atoms with Gasteiger partial charge in [0.25, 0.3) is 0 Å². The standard InChI is InChI=1S/C17H17N7/c18-9-10-1-3-12(7-10)21-16-13-4-2-11(14-5-6-20-24-14)8-15(13)22-17(19)23-16/h2,4-6,8,10,12H,1,3,7H2,(H,20,24)(H3,19,21,22,23). The molecular weight excluding hydrogens is 302 g/mol. The lowest BCUT2D eigenvalue weighted by molar-refractivity contribution is 0.683. The molecule has 7 nitrogen and oxygen atoms in total. The topological polar surface area (TPSA) is 116 Å². The van der Waals surface area contributed by atoms with E-state index in [9.17, 15) is 0 Å². The first-order chi connectivity index (χ1) is 11.7. The Hall–Kier alpha value is -3.14. The first-order valence-electron chi connectivity index (χ1n) is 7.96. The van der Waals surface area contributed by atoms with E-state index in [4.69, 9.17) is 11.0 Å². The van der Waals surface area contributed by atoms with Gasteiger partial charge in [0.05, 0.1) is 17.3 Å². The zero-order chi connectivity index (χ0) is 16.5. The molecule has 0 aliphatic heterocycles. The average molecular weight is 319 g/mol. The minimum atomic E-state index is 0.125. The normalized spacial score (nSPS) is 20.1. The first-order valence-corrected chi connectivity index (χ1v) is 7.96. The number of anilines is 2. The van der Waals surface area contributed by atoms with Gasteiger partial charge in [0.1, 0.15) is 5.82 Å². The first kappa shape index (κ1) is 14.5. The van der Waals surface area contributed by atoms with Crippen molar-refractivity contribution in [2.75, 3.05) is 11.1 Å². The molecule has 120 valence electrons. The average Bonchev–Trinajstić information content (AvgIpc) is 3.25. The largest absolute Gasteiger partial charge is 0.368 e. The lowest BCUT2D eigenvalue weighted by atomic mass is 10.1. The van der Waals surface area contributed by atoms with E-state index in [0.717, 1.165) is 47.2 Å². The van der Waals surface area contributed by atoms with E-state index in [1.165, 1.54) is 0 Å². The summed E-state index contributed by atoms with van der Waals surface area (Å²) in [5, 5.41) is 20.3. The number of hydrogen-bond acceptors (Lipinski definition) is 6. The van der Waals surface area contributed by atoms with Gasteiger partial charge in [-0.2, -0.15) is 15.3 Å². The highest BCUT2D eigenvalue weighted by Gasteiger charge is 2.25. The van der Waals surface area contributed by atoms with Gasteiger partial charge in [-0.1, -0.05) is 6.07 Å². The third kappa shape index (κ3) is 2.63. The number of aromatic nitrogens is 4. The van der Waals surface area contributed by atoms with Gasteiger partial charge in [0.2, 0.25) is 5.95 Å². The van der Waals surface area contributed by atoms with Crippen LogP contribution in [0.2, 0.25) is 0 Å². The van der Waals surface area contributed by atoms with Crippen LogP contribution in [-0.2, 0) is 0 Å². The number of nitriles is 1. The number of aromatic amines is 1. The molecule has 1 saturated carbocycles. The summed E-state index contributed by atoms with van der Waals surface area (Å²) >= 11 is 0. The van der Waals surface area contributed by atoms with Crippen LogP contribution in [0.5, 0.6) is 0 Å². The number of nitrogen functional groups attached to an aromatic ring is 1. The summed E-state index contributed by atoms with van der Waals surface area (Å²) in [6.07, 6.45) is 4.45. The number of fused-ring (bicyclic) bond motifs is 1. The second-order valence-electron chi connectivity index (χ2n) is 6.11. The van der Waals surface area contributed by atoms with Crippen LogP contribution in [0.15, 0.2) is 30.5 Å². The summed E-state index contributed by atoms with van der Waals surface area (Å²) in [5.74, 6) is 1.10. The Morgan fingerprint density at radius 1 is 1.25 bits per heavy atom. The summed E-state index contributed by atoms with van der Waals surface area (Å²) in [5.41, 5.74) is 8.59. The second-order valence-corrected chi connectivity index (χ2v) is 6.11. The Kier molecular flexibility index (Phi) is 3.50. The van der Waals surface area contributed by atoms with Gasteiger partial charge in [-0.3, -0.25) is 5.10 Å². The number of H-pyrrole nitrogens is 1.